The van der Waals surface area contributed by atoms with E-state index in [0.717, 1.165) is 4.70 Å². The van der Waals surface area contributed by atoms with Crippen molar-refractivity contribution in [1.29, 1.82) is 0 Å². The number of halogens is 3. The molecule has 4 aromatic rings. The molecule has 3 aromatic carbocycles. The summed E-state index contributed by atoms with van der Waals surface area (Å²) >= 11 is 19.4. The molecular weight excluding hydrogens is 527 g/mol. The molecule has 0 aliphatic heterocycles. The summed E-state index contributed by atoms with van der Waals surface area (Å²) in [5.41, 5.74) is 1.61. The monoisotopic (exact) mass is 540 g/mol. The third-order valence-corrected chi connectivity index (χ3v) is 8.01. The van der Waals surface area contributed by atoms with Crippen LogP contribution in [0.5, 0.6) is 10.9 Å². The van der Waals surface area contributed by atoms with Gasteiger partial charge < -0.3 is 4.74 Å². The van der Waals surface area contributed by atoms with Crippen LogP contribution in [0.4, 0.5) is 5.69 Å². The van der Waals surface area contributed by atoms with Crippen molar-refractivity contribution in [2.45, 2.75) is 18.7 Å². The fourth-order valence-electron chi connectivity index (χ4n) is 2.99. The summed E-state index contributed by atoms with van der Waals surface area (Å²) in [4.78, 5) is 16.3. The Hall–Kier alpha value is -2.36. The standard InChI is InChI=1S/C22H15Cl3N2O4S2/c1-11-5-21(18(25)10-17(11)24)33(29,30)27-15-6-13(12(2)28)7-16(9-15)31-22-26-19-8-14(23)3-4-20(19)32-22/h3-10,27H,1-2H3. The zero-order chi connectivity index (χ0) is 23.9. The Morgan fingerprint density at radius 2 is 1.79 bits per heavy atom. The lowest BCUT2D eigenvalue weighted by Crippen LogP contribution is -2.14. The molecule has 170 valence electrons. The first-order valence-electron chi connectivity index (χ1n) is 9.40. The molecular formula is C22H15Cl3N2O4S2. The molecule has 0 aliphatic rings. The van der Waals surface area contributed by atoms with Crippen LogP contribution in [-0.2, 0) is 10.0 Å². The lowest BCUT2D eigenvalue weighted by Gasteiger charge is -2.13. The minimum atomic E-state index is -4.08. The maximum absolute atomic E-state index is 13.0. The van der Waals surface area contributed by atoms with Crippen molar-refractivity contribution < 1.29 is 17.9 Å². The number of carbonyl (C=O) groups excluding carboxylic acids is 1. The number of hydrogen-bond acceptors (Lipinski definition) is 6. The molecule has 0 bridgehead atoms. The van der Waals surface area contributed by atoms with E-state index < -0.39 is 10.0 Å². The molecule has 4 rings (SSSR count). The van der Waals surface area contributed by atoms with Crippen LogP contribution in [0.2, 0.25) is 15.1 Å². The van der Waals surface area contributed by atoms with Gasteiger partial charge in [0.1, 0.15) is 10.6 Å². The van der Waals surface area contributed by atoms with Gasteiger partial charge in [-0.3, -0.25) is 9.52 Å². The number of rotatable bonds is 6. The van der Waals surface area contributed by atoms with Gasteiger partial charge in [0, 0.05) is 21.7 Å². The normalized spacial score (nSPS) is 11.5. The molecule has 0 atom stereocenters. The Bertz CT molecular complexity index is 1520. The summed E-state index contributed by atoms with van der Waals surface area (Å²) in [5.74, 6) is -0.0266. The van der Waals surface area contributed by atoms with Crippen LogP contribution >= 0.6 is 46.1 Å². The van der Waals surface area contributed by atoms with Gasteiger partial charge >= 0.3 is 0 Å². The summed E-state index contributed by atoms with van der Waals surface area (Å²) in [6, 6.07) is 12.4. The Morgan fingerprint density at radius 3 is 2.52 bits per heavy atom. The number of ether oxygens (including phenoxy) is 1. The lowest BCUT2D eigenvalue weighted by molar-refractivity contribution is 0.101. The van der Waals surface area contributed by atoms with Crippen LogP contribution in [0.25, 0.3) is 10.2 Å². The highest BCUT2D eigenvalue weighted by molar-refractivity contribution is 7.92. The van der Waals surface area contributed by atoms with Gasteiger partial charge in [0.15, 0.2) is 5.78 Å². The van der Waals surface area contributed by atoms with Crippen LogP contribution in [0, 0.1) is 6.92 Å². The average Bonchev–Trinajstić information content (AvgIpc) is 3.11. The van der Waals surface area contributed by atoms with Crippen molar-refractivity contribution in [2.24, 2.45) is 0 Å². The van der Waals surface area contributed by atoms with E-state index in [0.29, 0.717) is 26.3 Å². The largest absolute Gasteiger partial charge is 0.431 e. The molecule has 0 spiro atoms. The topological polar surface area (TPSA) is 85.4 Å². The Balaban J connectivity index is 1.70. The average molecular weight is 542 g/mol. The number of thiazole rings is 1. The molecule has 11 heteroatoms. The third-order valence-electron chi connectivity index (χ3n) is 4.60. The van der Waals surface area contributed by atoms with Gasteiger partial charge in [-0.1, -0.05) is 46.1 Å². The molecule has 33 heavy (non-hydrogen) atoms. The summed E-state index contributed by atoms with van der Waals surface area (Å²) in [5, 5.41) is 1.19. The maximum atomic E-state index is 13.0. The predicted octanol–water partition coefficient (Wildman–Crippen LogP) is 7.36. The zero-order valence-electron chi connectivity index (χ0n) is 17.1. The van der Waals surface area contributed by atoms with E-state index >= 15 is 0 Å². The zero-order valence-corrected chi connectivity index (χ0v) is 21.1. The van der Waals surface area contributed by atoms with Gasteiger partial charge in [-0.25, -0.2) is 13.4 Å². The van der Waals surface area contributed by atoms with Crippen molar-refractivity contribution in [2.75, 3.05) is 4.72 Å². The third kappa shape index (κ3) is 5.26. The first-order chi connectivity index (χ1) is 15.5. The minimum absolute atomic E-state index is 0.0227. The molecule has 0 unspecified atom stereocenters. The van der Waals surface area contributed by atoms with Crippen LogP contribution < -0.4 is 9.46 Å². The summed E-state index contributed by atoms with van der Waals surface area (Å²) in [6.45, 7) is 3.04. The lowest BCUT2D eigenvalue weighted by atomic mass is 10.1. The quantitative estimate of drug-likeness (QED) is 0.258. The second-order valence-corrected chi connectivity index (χ2v) is 11.0. The molecule has 1 heterocycles. The van der Waals surface area contributed by atoms with Gasteiger partial charge in [0.25, 0.3) is 15.2 Å². The van der Waals surface area contributed by atoms with Gasteiger partial charge in [-0.05, 0) is 61.9 Å². The van der Waals surface area contributed by atoms with E-state index in [4.69, 9.17) is 39.5 Å². The molecule has 0 saturated carbocycles. The number of sulfonamides is 1. The summed E-state index contributed by atoms with van der Waals surface area (Å²) in [7, 11) is -4.08. The van der Waals surface area contributed by atoms with E-state index in [-0.39, 0.29) is 32.7 Å². The number of carbonyl (C=O) groups is 1. The van der Waals surface area contributed by atoms with Gasteiger partial charge in [0.05, 0.1) is 20.9 Å². The molecule has 1 aromatic heterocycles. The summed E-state index contributed by atoms with van der Waals surface area (Å²) < 4.78 is 35.2. The van der Waals surface area contributed by atoms with Crippen molar-refractivity contribution >= 4 is 77.9 Å². The first-order valence-corrected chi connectivity index (χ1v) is 12.8. The number of fused-ring (bicyclic) bond motifs is 1. The molecule has 0 saturated heterocycles. The molecule has 0 fully saturated rings. The highest BCUT2D eigenvalue weighted by Crippen LogP contribution is 2.35. The number of aromatic nitrogens is 1. The molecule has 0 aliphatic carbocycles. The van der Waals surface area contributed by atoms with Crippen molar-refractivity contribution in [3.8, 4) is 10.9 Å². The Morgan fingerprint density at radius 1 is 1.03 bits per heavy atom. The number of nitrogens with zero attached hydrogens (tertiary/aromatic N) is 1. The highest BCUT2D eigenvalue weighted by Gasteiger charge is 2.21. The number of ketones is 1. The number of hydrogen-bond donors (Lipinski definition) is 1. The highest BCUT2D eigenvalue weighted by atomic mass is 35.5. The number of nitrogens with one attached hydrogen (secondary N) is 1. The van der Waals surface area contributed by atoms with Crippen LogP contribution in [0.1, 0.15) is 22.8 Å². The second-order valence-electron chi connectivity index (χ2n) is 7.13. The van der Waals surface area contributed by atoms with E-state index in [2.05, 4.69) is 9.71 Å². The van der Waals surface area contributed by atoms with Crippen LogP contribution in [0.3, 0.4) is 0 Å². The number of aryl methyl sites for hydroxylation is 1. The minimum Gasteiger partial charge on any atom is -0.431 e. The second kappa shape index (κ2) is 9.12. The maximum Gasteiger partial charge on any atom is 0.279 e. The number of benzene rings is 3. The van der Waals surface area contributed by atoms with Crippen LogP contribution in [-0.4, -0.2) is 19.2 Å². The van der Waals surface area contributed by atoms with Crippen molar-refractivity contribution in [1.82, 2.24) is 4.98 Å². The van der Waals surface area contributed by atoms with Gasteiger partial charge in [0.2, 0.25) is 0 Å². The van der Waals surface area contributed by atoms with Gasteiger partial charge in [-0.2, -0.15) is 0 Å². The van der Waals surface area contributed by atoms with E-state index in [1.807, 2.05) is 6.07 Å². The SMILES string of the molecule is CC(=O)c1cc(NS(=O)(=O)c2cc(C)c(Cl)cc2Cl)cc(Oc2nc3cc(Cl)ccc3s2)c1. The van der Waals surface area contributed by atoms with Crippen molar-refractivity contribution in [3.05, 3.63) is 74.7 Å². The molecule has 0 amide bonds. The molecule has 1 N–H and O–H groups in total. The molecule has 0 radical (unpaired) electrons. The van der Waals surface area contributed by atoms with E-state index in [1.165, 1.54) is 48.6 Å². The fourth-order valence-corrected chi connectivity index (χ4v) is 5.85. The van der Waals surface area contributed by atoms with Crippen LogP contribution in [0.15, 0.2) is 53.4 Å². The van der Waals surface area contributed by atoms with Gasteiger partial charge in [-0.15, -0.1) is 0 Å². The fraction of sp³-hybridized carbons (Fsp3) is 0.0909. The number of Topliss-reactive ketones (excluding diaryl/α,β-unsaturated/α-hetero) is 1. The predicted molar refractivity (Wildman–Crippen MR) is 133 cm³/mol. The van der Waals surface area contributed by atoms with E-state index in [1.54, 1.807) is 19.1 Å². The number of anilines is 1. The van der Waals surface area contributed by atoms with Crippen molar-refractivity contribution in [3.63, 3.8) is 0 Å². The Kier molecular flexibility index (Phi) is 6.57. The Labute approximate surface area is 209 Å². The molecule has 6 nitrogen and oxygen atoms in total. The smallest absolute Gasteiger partial charge is 0.279 e. The first kappa shape index (κ1) is 23.8. The van der Waals surface area contributed by atoms with E-state index in [9.17, 15) is 13.2 Å². The summed E-state index contributed by atoms with van der Waals surface area (Å²) in [6.07, 6.45) is 0.